The van der Waals surface area contributed by atoms with E-state index in [0.29, 0.717) is 41.9 Å². The summed E-state index contributed by atoms with van der Waals surface area (Å²) in [6.07, 6.45) is 6.80. The highest BCUT2D eigenvalue weighted by Crippen LogP contribution is 2.19. The number of nitrogens with one attached hydrogen (secondary N) is 1. The van der Waals surface area contributed by atoms with E-state index in [-0.39, 0.29) is 11.5 Å². The van der Waals surface area contributed by atoms with Gasteiger partial charge >= 0.3 is 0 Å². The van der Waals surface area contributed by atoms with E-state index in [9.17, 15) is 9.59 Å². The van der Waals surface area contributed by atoms with E-state index in [1.807, 2.05) is 16.7 Å². The van der Waals surface area contributed by atoms with Gasteiger partial charge in [0.2, 0.25) is 0 Å². The fourth-order valence-corrected chi connectivity index (χ4v) is 4.38. The standard InChI is InChI=1S/C24H27N5O3/c30-23(26-18-7-9-21(25-16-18)28-11-13-32-14-12-28)17-6-8-19-20(15-17)27-22-5-3-1-2-4-10-29(22)24(19)31/h6-9,15-16H,1-5,10-14H2,(H,26,30). The predicted molar refractivity (Wildman–Crippen MR) is 123 cm³/mol. The Morgan fingerprint density at radius 3 is 2.66 bits per heavy atom. The lowest BCUT2D eigenvalue weighted by atomic mass is 10.1. The maximum absolute atomic E-state index is 13.0. The molecular formula is C24H27N5O3. The number of carbonyl (C=O) groups is 1. The van der Waals surface area contributed by atoms with Crippen LogP contribution in [0.5, 0.6) is 0 Å². The van der Waals surface area contributed by atoms with Crippen molar-refractivity contribution in [1.82, 2.24) is 14.5 Å². The summed E-state index contributed by atoms with van der Waals surface area (Å²) in [6.45, 7) is 3.73. The van der Waals surface area contributed by atoms with Gasteiger partial charge in [-0.25, -0.2) is 9.97 Å². The number of aryl methyl sites for hydroxylation is 1. The summed E-state index contributed by atoms with van der Waals surface area (Å²) >= 11 is 0. The van der Waals surface area contributed by atoms with Gasteiger partial charge in [-0.15, -0.1) is 0 Å². The van der Waals surface area contributed by atoms with Gasteiger partial charge in [-0.05, 0) is 43.2 Å². The van der Waals surface area contributed by atoms with Crippen molar-refractivity contribution in [2.24, 2.45) is 0 Å². The molecule has 5 rings (SSSR count). The van der Waals surface area contributed by atoms with Crippen LogP contribution in [-0.2, 0) is 17.7 Å². The minimum absolute atomic E-state index is 0.0123. The molecular weight excluding hydrogens is 406 g/mol. The highest BCUT2D eigenvalue weighted by molar-refractivity contribution is 6.06. The van der Waals surface area contributed by atoms with E-state index in [2.05, 4.69) is 15.2 Å². The number of morpholine rings is 1. The Balaban J connectivity index is 1.36. The van der Waals surface area contributed by atoms with Gasteiger partial charge in [0.05, 0.1) is 36.0 Å². The zero-order chi connectivity index (χ0) is 21.9. The van der Waals surface area contributed by atoms with E-state index in [4.69, 9.17) is 9.72 Å². The molecule has 32 heavy (non-hydrogen) atoms. The molecule has 0 unspecified atom stereocenters. The predicted octanol–water partition coefficient (Wildman–Crippen LogP) is 3.00. The maximum Gasteiger partial charge on any atom is 0.261 e. The Morgan fingerprint density at radius 2 is 1.84 bits per heavy atom. The van der Waals surface area contributed by atoms with E-state index in [1.165, 1.54) is 0 Å². The number of fused-ring (bicyclic) bond motifs is 2. The summed E-state index contributed by atoms with van der Waals surface area (Å²) in [5.74, 6) is 1.45. The van der Waals surface area contributed by atoms with E-state index < -0.39 is 0 Å². The highest BCUT2D eigenvalue weighted by Gasteiger charge is 2.16. The number of hydrogen-bond donors (Lipinski definition) is 1. The molecule has 2 aliphatic heterocycles. The Hall–Kier alpha value is -3.26. The lowest BCUT2D eigenvalue weighted by Crippen LogP contribution is -2.36. The summed E-state index contributed by atoms with van der Waals surface area (Å²) in [5.41, 5.74) is 1.66. The molecule has 1 fully saturated rings. The Morgan fingerprint density at radius 1 is 1.00 bits per heavy atom. The molecule has 0 aliphatic carbocycles. The first kappa shape index (κ1) is 20.6. The summed E-state index contributed by atoms with van der Waals surface area (Å²) in [4.78, 5) is 37.2. The van der Waals surface area contributed by atoms with Crippen LogP contribution in [0.25, 0.3) is 10.9 Å². The Bertz CT molecular complexity index is 1180. The number of pyridine rings is 1. The molecule has 0 spiro atoms. The number of aromatic nitrogens is 3. The van der Waals surface area contributed by atoms with Crippen LogP contribution >= 0.6 is 0 Å². The van der Waals surface area contributed by atoms with Gasteiger partial charge in [0.25, 0.3) is 11.5 Å². The van der Waals surface area contributed by atoms with E-state index >= 15 is 0 Å². The lowest BCUT2D eigenvalue weighted by Gasteiger charge is -2.27. The molecule has 8 nitrogen and oxygen atoms in total. The number of benzene rings is 1. The van der Waals surface area contributed by atoms with Crippen LogP contribution in [0, 0.1) is 0 Å². The van der Waals surface area contributed by atoms with Crippen molar-refractivity contribution in [1.29, 1.82) is 0 Å². The number of amides is 1. The molecule has 8 heteroatoms. The molecule has 2 aliphatic rings. The molecule has 166 valence electrons. The second-order valence-corrected chi connectivity index (χ2v) is 8.34. The van der Waals surface area contributed by atoms with Crippen LogP contribution in [0.1, 0.15) is 41.9 Å². The first-order valence-electron chi connectivity index (χ1n) is 11.3. The first-order valence-corrected chi connectivity index (χ1v) is 11.3. The van der Waals surface area contributed by atoms with Gasteiger partial charge in [0.15, 0.2) is 0 Å². The van der Waals surface area contributed by atoms with Crippen molar-refractivity contribution >= 4 is 28.3 Å². The molecule has 0 bridgehead atoms. The quantitative estimate of drug-likeness (QED) is 0.683. The van der Waals surface area contributed by atoms with Crippen molar-refractivity contribution in [3.8, 4) is 0 Å². The smallest absolute Gasteiger partial charge is 0.261 e. The van der Waals surface area contributed by atoms with Crippen molar-refractivity contribution in [3.05, 3.63) is 58.3 Å². The summed E-state index contributed by atoms with van der Waals surface area (Å²) in [6, 6.07) is 8.87. The Kier molecular flexibility index (Phi) is 5.85. The van der Waals surface area contributed by atoms with Crippen LogP contribution in [0.4, 0.5) is 11.5 Å². The maximum atomic E-state index is 13.0. The van der Waals surface area contributed by atoms with Gasteiger partial charge in [-0.3, -0.25) is 14.2 Å². The average molecular weight is 434 g/mol. The fourth-order valence-electron chi connectivity index (χ4n) is 4.38. The fraction of sp³-hybridized carbons (Fsp3) is 0.417. The highest BCUT2D eigenvalue weighted by atomic mass is 16.5. The first-order chi connectivity index (χ1) is 15.7. The third-order valence-corrected chi connectivity index (χ3v) is 6.17. The Labute approximate surface area is 186 Å². The van der Waals surface area contributed by atoms with Crippen molar-refractivity contribution in [3.63, 3.8) is 0 Å². The molecule has 1 aromatic carbocycles. The van der Waals surface area contributed by atoms with Gasteiger partial charge in [-0.2, -0.15) is 0 Å². The normalized spacial score (nSPS) is 16.8. The number of ether oxygens (including phenoxy) is 1. The largest absolute Gasteiger partial charge is 0.378 e. The van der Waals surface area contributed by atoms with Crippen molar-refractivity contribution in [2.45, 2.75) is 38.6 Å². The number of rotatable bonds is 3. The third kappa shape index (κ3) is 4.23. The van der Waals surface area contributed by atoms with Gasteiger partial charge in [-0.1, -0.05) is 12.8 Å². The molecule has 3 aromatic rings. The van der Waals surface area contributed by atoms with Crippen molar-refractivity contribution in [2.75, 3.05) is 36.5 Å². The van der Waals surface area contributed by atoms with Crippen LogP contribution in [0.2, 0.25) is 0 Å². The zero-order valence-electron chi connectivity index (χ0n) is 18.0. The zero-order valence-corrected chi connectivity index (χ0v) is 18.0. The molecule has 1 amide bonds. The monoisotopic (exact) mass is 433 g/mol. The van der Waals surface area contributed by atoms with Crippen LogP contribution in [0.3, 0.4) is 0 Å². The van der Waals surface area contributed by atoms with E-state index in [0.717, 1.165) is 56.8 Å². The van der Waals surface area contributed by atoms with E-state index in [1.54, 1.807) is 24.4 Å². The van der Waals surface area contributed by atoms with Crippen LogP contribution < -0.4 is 15.8 Å². The van der Waals surface area contributed by atoms with Gasteiger partial charge in [0, 0.05) is 31.6 Å². The summed E-state index contributed by atoms with van der Waals surface area (Å²) in [7, 11) is 0. The third-order valence-electron chi connectivity index (χ3n) is 6.17. The van der Waals surface area contributed by atoms with Crippen LogP contribution in [-0.4, -0.2) is 46.7 Å². The van der Waals surface area contributed by atoms with Gasteiger partial charge < -0.3 is 15.0 Å². The van der Waals surface area contributed by atoms with Crippen LogP contribution in [0.15, 0.2) is 41.3 Å². The van der Waals surface area contributed by atoms with Gasteiger partial charge in [0.1, 0.15) is 11.6 Å². The summed E-state index contributed by atoms with van der Waals surface area (Å²) in [5, 5.41) is 3.45. The number of hydrogen-bond acceptors (Lipinski definition) is 6. The molecule has 0 radical (unpaired) electrons. The molecule has 1 N–H and O–H groups in total. The minimum Gasteiger partial charge on any atom is -0.378 e. The second-order valence-electron chi connectivity index (χ2n) is 8.34. The summed E-state index contributed by atoms with van der Waals surface area (Å²) < 4.78 is 7.18. The second kappa shape index (κ2) is 9.08. The average Bonchev–Trinajstić information content (AvgIpc) is 2.81. The topological polar surface area (TPSA) is 89.4 Å². The molecule has 4 heterocycles. The molecule has 1 saturated heterocycles. The number of carbonyl (C=O) groups excluding carboxylic acids is 1. The minimum atomic E-state index is -0.249. The lowest BCUT2D eigenvalue weighted by molar-refractivity contribution is 0.102. The SMILES string of the molecule is O=C(Nc1ccc(N2CCOCC2)nc1)c1ccc2c(=O)n3c(nc2c1)CCCCCC3. The molecule has 2 aromatic heterocycles. The molecule has 0 saturated carbocycles. The number of anilines is 2. The number of nitrogens with zero attached hydrogens (tertiary/aromatic N) is 4. The van der Waals surface area contributed by atoms with Crippen molar-refractivity contribution < 1.29 is 9.53 Å². The molecule has 0 atom stereocenters.